The number of hydrogen-bond acceptors (Lipinski definition) is 4. The van der Waals surface area contributed by atoms with Gasteiger partial charge in [-0.25, -0.2) is 0 Å². The van der Waals surface area contributed by atoms with E-state index in [9.17, 15) is 0 Å². The van der Waals surface area contributed by atoms with E-state index in [-0.39, 0.29) is 0 Å². The fraction of sp³-hybridized carbons (Fsp3) is 0.875. The monoisotopic (exact) mass is 295 g/mol. The Bertz CT molecular complexity index is 402. The molecule has 1 aliphatic carbocycles. The maximum atomic E-state index is 4.39. The molecule has 1 saturated carbocycles. The predicted molar refractivity (Wildman–Crippen MR) is 86.2 cm³/mol. The van der Waals surface area contributed by atoms with Crippen molar-refractivity contribution in [1.82, 2.24) is 14.9 Å². The van der Waals surface area contributed by atoms with Crippen molar-refractivity contribution in [2.75, 3.05) is 6.54 Å². The quantitative estimate of drug-likeness (QED) is 0.838. The van der Waals surface area contributed by atoms with E-state index < -0.39 is 0 Å². The lowest BCUT2D eigenvalue weighted by atomic mass is 9.77. The van der Waals surface area contributed by atoms with E-state index in [2.05, 4.69) is 42.6 Å². The van der Waals surface area contributed by atoms with Crippen LogP contribution in [-0.2, 0) is 0 Å². The molecule has 0 aromatic carbocycles. The number of nitrogens with one attached hydrogen (secondary N) is 1. The number of nitrogens with zero attached hydrogens (tertiary/aromatic N) is 2. The Kier molecular flexibility index (Phi) is 5.97. The zero-order valence-electron chi connectivity index (χ0n) is 13.4. The molecule has 4 heteroatoms. The molecule has 0 radical (unpaired) electrons. The molecule has 1 aromatic heterocycles. The highest BCUT2D eigenvalue weighted by molar-refractivity contribution is 7.05. The summed E-state index contributed by atoms with van der Waals surface area (Å²) in [5, 5.41) is 8.17. The number of hydrogen-bond donors (Lipinski definition) is 1. The second-order valence-corrected chi connectivity index (χ2v) is 7.43. The van der Waals surface area contributed by atoms with Gasteiger partial charge in [0.15, 0.2) is 0 Å². The average Bonchev–Trinajstić information content (AvgIpc) is 2.89. The minimum absolute atomic E-state index is 0.468. The van der Waals surface area contributed by atoms with Crippen molar-refractivity contribution in [1.29, 1.82) is 0 Å². The molecule has 0 aliphatic heterocycles. The molecule has 0 bridgehead atoms. The molecule has 3 unspecified atom stereocenters. The van der Waals surface area contributed by atoms with Crippen LogP contribution in [0.2, 0.25) is 0 Å². The lowest BCUT2D eigenvalue weighted by Gasteiger charge is -2.33. The summed E-state index contributed by atoms with van der Waals surface area (Å²) in [7, 11) is 0. The smallest absolute Gasteiger partial charge is 0.0829 e. The van der Waals surface area contributed by atoms with E-state index in [0.717, 1.165) is 18.4 Å². The van der Waals surface area contributed by atoms with Crippen LogP contribution >= 0.6 is 11.5 Å². The molecule has 1 aliphatic rings. The van der Waals surface area contributed by atoms with E-state index in [4.69, 9.17) is 0 Å². The highest BCUT2D eigenvalue weighted by Crippen LogP contribution is 2.40. The third-order valence-corrected chi connectivity index (χ3v) is 5.26. The Balaban J connectivity index is 2.19. The molecule has 3 atom stereocenters. The van der Waals surface area contributed by atoms with Gasteiger partial charge in [-0.1, -0.05) is 45.0 Å². The Morgan fingerprint density at radius 2 is 2.15 bits per heavy atom. The molecule has 3 nitrogen and oxygen atoms in total. The lowest BCUT2D eigenvalue weighted by molar-refractivity contribution is 0.225. The predicted octanol–water partition coefficient (Wildman–Crippen LogP) is 4.53. The molecule has 1 aromatic rings. The van der Waals surface area contributed by atoms with Crippen LogP contribution in [0.1, 0.15) is 82.3 Å². The molecule has 1 heterocycles. The second kappa shape index (κ2) is 7.51. The van der Waals surface area contributed by atoms with Gasteiger partial charge in [-0.3, -0.25) is 0 Å². The first kappa shape index (κ1) is 15.9. The largest absolute Gasteiger partial charge is 0.309 e. The van der Waals surface area contributed by atoms with Gasteiger partial charge in [-0.2, -0.15) is 0 Å². The summed E-state index contributed by atoms with van der Waals surface area (Å²) in [6.07, 6.45) is 6.65. The maximum absolute atomic E-state index is 4.39. The summed E-state index contributed by atoms with van der Waals surface area (Å²) in [5.74, 6) is 2.09. The first-order valence-corrected chi connectivity index (χ1v) is 8.96. The summed E-state index contributed by atoms with van der Waals surface area (Å²) in [6, 6.07) is 0.468. The van der Waals surface area contributed by atoms with Gasteiger partial charge in [0.1, 0.15) is 0 Å². The topological polar surface area (TPSA) is 37.8 Å². The van der Waals surface area contributed by atoms with Gasteiger partial charge in [-0.05, 0) is 55.1 Å². The third kappa shape index (κ3) is 3.79. The van der Waals surface area contributed by atoms with Gasteiger partial charge in [0.2, 0.25) is 0 Å². The summed E-state index contributed by atoms with van der Waals surface area (Å²) in [4.78, 5) is 1.40. The Hall–Kier alpha value is -0.480. The Morgan fingerprint density at radius 1 is 1.35 bits per heavy atom. The standard InChI is InChI=1S/C16H29N3S/c1-5-9-17-15(13-8-6-7-12(4)10-13)16-14(11(2)3)18-19-20-16/h11-13,15,17H,5-10H2,1-4H3. The van der Waals surface area contributed by atoms with Gasteiger partial charge < -0.3 is 5.32 Å². The summed E-state index contributed by atoms with van der Waals surface area (Å²) in [6.45, 7) is 10.2. The van der Waals surface area contributed by atoms with E-state index in [0.29, 0.717) is 12.0 Å². The number of aromatic nitrogens is 2. The Labute approximate surface area is 127 Å². The van der Waals surface area contributed by atoms with Gasteiger partial charge in [0.25, 0.3) is 0 Å². The Morgan fingerprint density at radius 3 is 2.80 bits per heavy atom. The number of rotatable bonds is 6. The van der Waals surface area contributed by atoms with E-state index in [1.165, 1.54) is 42.7 Å². The van der Waals surface area contributed by atoms with Crippen LogP contribution < -0.4 is 5.32 Å². The minimum Gasteiger partial charge on any atom is -0.309 e. The summed E-state index contributed by atoms with van der Waals surface area (Å²) < 4.78 is 4.24. The average molecular weight is 295 g/mol. The van der Waals surface area contributed by atoms with Crippen LogP contribution in [0.3, 0.4) is 0 Å². The van der Waals surface area contributed by atoms with Crippen molar-refractivity contribution >= 4 is 11.5 Å². The minimum atomic E-state index is 0.468. The van der Waals surface area contributed by atoms with Crippen LogP contribution in [-0.4, -0.2) is 16.1 Å². The lowest BCUT2D eigenvalue weighted by Crippen LogP contribution is -2.32. The highest BCUT2D eigenvalue weighted by Gasteiger charge is 2.31. The molecule has 0 spiro atoms. The van der Waals surface area contributed by atoms with Crippen molar-refractivity contribution in [2.24, 2.45) is 11.8 Å². The van der Waals surface area contributed by atoms with Crippen molar-refractivity contribution in [3.05, 3.63) is 10.6 Å². The first-order chi connectivity index (χ1) is 9.63. The summed E-state index contributed by atoms with van der Waals surface area (Å²) in [5.41, 5.74) is 1.21. The maximum Gasteiger partial charge on any atom is 0.0829 e. The van der Waals surface area contributed by atoms with Crippen molar-refractivity contribution in [3.63, 3.8) is 0 Å². The molecular weight excluding hydrogens is 266 g/mol. The van der Waals surface area contributed by atoms with Crippen LogP contribution in [0.25, 0.3) is 0 Å². The van der Waals surface area contributed by atoms with Crippen molar-refractivity contribution in [2.45, 2.75) is 71.8 Å². The molecule has 114 valence electrons. The molecule has 0 amide bonds. The molecule has 0 saturated heterocycles. The SMILES string of the molecule is CCCNC(c1snnc1C(C)C)C1CCCC(C)C1. The fourth-order valence-electron chi connectivity index (χ4n) is 3.38. The van der Waals surface area contributed by atoms with Crippen LogP contribution in [0.15, 0.2) is 0 Å². The van der Waals surface area contributed by atoms with E-state index >= 15 is 0 Å². The van der Waals surface area contributed by atoms with Gasteiger partial charge >= 0.3 is 0 Å². The zero-order valence-corrected chi connectivity index (χ0v) is 14.2. The van der Waals surface area contributed by atoms with Gasteiger partial charge in [-0.15, -0.1) is 5.10 Å². The molecule has 20 heavy (non-hydrogen) atoms. The van der Waals surface area contributed by atoms with Crippen molar-refractivity contribution < 1.29 is 0 Å². The van der Waals surface area contributed by atoms with Gasteiger partial charge in [0, 0.05) is 6.04 Å². The molecule has 1 N–H and O–H groups in total. The first-order valence-electron chi connectivity index (χ1n) is 8.19. The van der Waals surface area contributed by atoms with E-state index in [1.807, 2.05) is 0 Å². The van der Waals surface area contributed by atoms with Crippen molar-refractivity contribution in [3.8, 4) is 0 Å². The van der Waals surface area contributed by atoms with Crippen LogP contribution in [0.5, 0.6) is 0 Å². The normalized spacial score (nSPS) is 25.1. The zero-order chi connectivity index (χ0) is 14.5. The fourth-order valence-corrected chi connectivity index (χ4v) is 4.35. The molecule has 2 rings (SSSR count). The third-order valence-electron chi connectivity index (χ3n) is 4.43. The molecule has 1 fully saturated rings. The van der Waals surface area contributed by atoms with Crippen LogP contribution in [0, 0.1) is 11.8 Å². The molecular formula is C16H29N3S. The highest BCUT2D eigenvalue weighted by atomic mass is 32.1. The van der Waals surface area contributed by atoms with Crippen LogP contribution in [0.4, 0.5) is 0 Å². The van der Waals surface area contributed by atoms with E-state index in [1.54, 1.807) is 11.5 Å². The van der Waals surface area contributed by atoms with Gasteiger partial charge in [0.05, 0.1) is 10.6 Å². The second-order valence-electron chi connectivity index (χ2n) is 6.64. The summed E-state index contributed by atoms with van der Waals surface area (Å²) >= 11 is 1.61.